The van der Waals surface area contributed by atoms with E-state index in [0.717, 1.165) is 51.7 Å². The third-order valence-corrected chi connectivity index (χ3v) is 5.52. The molecule has 1 aliphatic heterocycles. The first-order valence-corrected chi connectivity index (χ1v) is 9.78. The minimum atomic E-state index is -0.760. The van der Waals surface area contributed by atoms with Crippen molar-refractivity contribution in [2.75, 3.05) is 31.5 Å². The van der Waals surface area contributed by atoms with Crippen molar-refractivity contribution in [2.24, 2.45) is 5.73 Å². The molecule has 0 atom stereocenters. The zero-order valence-electron chi connectivity index (χ0n) is 15.4. The van der Waals surface area contributed by atoms with Gasteiger partial charge in [-0.1, -0.05) is 19.3 Å². The molecule has 0 aromatic heterocycles. The molecule has 1 heterocycles. The summed E-state index contributed by atoms with van der Waals surface area (Å²) in [6.45, 7) is 3.82. The Labute approximate surface area is 155 Å². The highest BCUT2D eigenvalue weighted by Crippen LogP contribution is 2.27. The number of amides is 2. The summed E-state index contributed by atoms with van der Waals surface area (Å²) in [6, 6.07) is 7.01. The van der Waals surface area contributed by atoms with Gasteiger partial charge in [-0.25, -0.2) is 0 Å². The van der Waals surface area contributed by atoms with Crippen LogP contribution in [-0.2, 0) is 4.79 Å². The molecule has 6 heteroatoms. The van der Waals surface area contributed by atoms with Crippen LogP contribution in [0.15, 0.2) is 24.3 Å². The van der Waals surface area contributed by atoms with Crippen LogP contribution >= 0.6 is 0 Å². The van der Waals surface area contributed by atoms with Crippen LogP contribution in [0.2, 0.25) is 0 Å². The van der Waals surface area contributed by atoms with E-state index in [0.29, 0.717) is 17.8 Å². The van der Waals surface area contributed by atoms with Crippen LogP contribution in [0.1, 0.15) is 55.3 Å². The third-order valence-electron chi connectivity index (χ3n) is 5.52. The molecule has 1 saturated carbocycles. The number of likely N-dealkylation sites (tertiary alicyclic amines) is 1. The van der Waals surface area contributed by atoms with E-state index in [1.54, 1.807) is 24.3 Å². The van der Waals surface area contributed by atoms with Gasteiger partial charge in [-0.2, -0.15) is 0 Å². The first-order chi connectivity index (χ1) is 12.6. The van der Waals surface area contributed by atoms with Crippen molar-refractivity contribution in [1.29, 1.82) is 0 Å². The van der Waals surface area contributed by atoms with E-state index < -0.39 is 5.54 Å². The van der Waals surface area contributed by atoms with E-state index in [2.05, 4.69) is 15.5 Å². The normalized spacial score (nSPS) is 19.9. The maximum atomic E-state index is 12.5. The van der Waals surface area contributed by atoms with Crippen molar-refractivity contribution < 1.29 is 9.59 Å². The summed E-state index contributed by atoms with van der Waals surface area (Å²) in [6.07, 6.45) is 7.12. The molecule has 1 aromatic carbocycles. The Bertz CT molecular complexity index is 617. The molecule has 0 radical (unpaired) electrons. The van der Waals surface area contributed by atoms with Gasteiger partial charge in [-0.15, -0.1) is 0 Å². The predicted molar refractivity (Wildman–Crippen MR) is 103 cm³/mol. The van der Waals surface area contributed by atoms with Gasteiger partial charge in [0.1, 0.15) is 0 Å². The fourth-order valence-electron chi connectivity index (χ4n) is 3.81. The molecule has 0 spiro atoms. The molecule has 2 fully saturated rings. The molecule has 1 aromatic rings. The summed E-state index contributed by atoms with van der Waals surface area (Å²) in [5.74, 6) is -0.204. The van der Waals surface area contributed by atoms with Gasteiger partial charge in [0, 0.05) is 24.3 Å². The molecule has 6 nitrogen and oxygen atoms in total. The molecule has 2 aliphatic rings. The van der Waals surface area contributed by atoms with E-state index in [9.17, 15) is 9.59 Å². The van der Waals surface area contributed by atoms with E-state index in [4.69, 9.17) is 5.73 Å². The van der Waals surface area contributed by atoms with Crippen LogP contribution in [-0.4, -0.2) is 48.4 Å². The maximum Gasteiger partial charge on any atom is 0.251 e. The highest BCUT2D eigenvalue weighted by atomic mass is 16.2. The quantitative estimate of drug-likeness (QED) is 0.727. The fourth-order valence-corrected chi connectivity index (χ4v) is 3.81. The number of nitrogens with one attached hydrogen (secondary N) is 2. The van der Waals surface area contributed by atoms with E-state index in [1.165, 1.54) is 12.8 Å². The Kier molecular flexibility index (Phi) is 6.27. The summed E-state index contributed by atoms with van der Waals surface area (Å²) in [5.41, 5.74) is 6.78. The lowest BCUT2D eigenvalue weighted by Crippen LogP contribution is -2.52. The number of nitrogens with zero attached hydrogens (tertiary/aromatic N) is 1. The minimum Gasteiger partial charge on any atom is -0.351 e. The molecule has 0 bridgehead atoms. The van der Waals surface area contributed by atoms with Gasteiger partial charge in [0.15, 0.2) is 0 Å². The van der Waals surface area contributed by atoms with Crippen LogP contribution in [0.5, 0.6) is 0 Å². The predicted octanol–water partition coefficient (Wildman–Crippen LogP) is 2.11. The first kappa shape index (κ1) is 18.9. The average Bonchev–Trinajstić information content (AvgIpc) is 3.16. The van der Waals surface area contributed by atoms with Crippen molar-refractivity contribution in [2.45, 2.75) is 50.5 Å². The Morgan fingerprint density at radius 3 is 2.31 bits per heavy atom. The Balaban J connectivity index is 1.47. The third kappa shape index (κ3) is 4.83. The number of benzene rings is 1. The zero-order valence-corrected chi connectivity index (χ0v) is 15.4. The van der Waals surface area contributed by atoms with E-state index in [-0.39, 0.29) is 11.8 Å². The molecule has 26 heavy (non-hydrogen) atoms. The number of hydrogen-bond acceptors (Lipinski definition) is 4. The van der Waals surface area contributed by atoms with Gasteiger partial charge in [-0.05, 0) is 63.0 Å². The number of carbonyl (C=O) groups is 2. The molecular weight excluding hydrogens is 328 g/mol. The highest BCUT2D eigenvalue weighted by molar-refractivity contribution is 5.99. The number of rotatable bonds is 6. The second-order valence-corrected chi connectivity index (χ2v) is 7.55. The second kappa shape index (κ2) is 8.64. The van der Waals surface area contributed by atoms with Gasteiger partial charge in [-0.3, -0.25) is 9.59 Å². The van der Waals surface area contributed by atoms with Crippen molar-refractivity contribution in [3.8, 4) is 0 Å². The second-order valence-electron chi connectivity index (χ2n) is 7.55. The molecule has 0 unspecified atom stereocenters. The summed E-state index contributed by atoms with van der Waals surface area (Å²) in [7, 11) is 0. The van der Waals surface area contributed by atoms with Crippen LogP contribution in [0.4, 0.5) is 5.69 Å². The standard InChI is InChI=1S/C20H30N4O2/c21-20(10-2-1-3-11-20)19(26)23-17-8-6-16(7-9-17)18(25)22-12-15-24-13-4-5-14-24/h6-9H,1-5,10-15,21H2,(H,22,25)(H,23,26). The van der Waals surface area contributed by atoms with Crippen LogP contribution < -0.4 is 16.4 Å². The molecule has 142 valence electrons. The largest absolute Gasteiger partial charge is 0.351 e. The number of hydrogen-bond donors (Lipinski definition) is 3. The Morgan fingerprint density at radius 1 is 1.00 bits per heavy atom. The monoisotopic (exact) mass is 358 g/mol. The molecule has 4 N–H and O–H groups in total. The Hall–Kier alpha value is -1.92. The lowest BCUT2D eigenvalue weighted by atomic mass is 9.82. The summed E-state index contributed by atoms with van der Waals surface area (Å²) >= 11 is 0. The molecule has 1 aliphatic carbocycles. The maximum absolute atomic E-state index is 12.5. The van der Waals surface area contributed by atoms with Crippen molar-refractivity contribution >= 4 is 17.5 Å². The van der Waals surface area contributed by atoms with Crippen LogP contribution in [0, 0.1) is 0 Å². The van der Waals surface area contributed by atoms with Gasteiger partial charge in [0.05, 0.1) is 5.54 Å². The van der Waals surface area contributed by atoms with Crippen molar-refractivity contribution in [3.05, 3.63) is 29.8 Å². The van der Waals surface area contributed by atoms with Crippen molar-refractivity contribution in [3.63, 3.8) is 0 Å². The highest BCUT2D eigenvalue weighted by Gasteiger charge is 2.35. The van der Waals surface area contributed by atoms with Gasteiger partial charge in [0.25, 0.3) is 5.91 Å². The zero-order chi connectivity index (χ0) is 18.4. The Morgan fingerprint density at radius 2 is 1.65 bits per heavy atom. The van der Waals surface area contributed by atoms with E-state index >= 15 is 0 Å². The lowest BCUT2D eigenvalue weighted by Gasteiger charge is -2.31. The van der Waals surface area contributed by atoms with Gasteiger partial charge in [0.2, 0.25) is 5.91 Å². The minimum absolute atomic E-state index is 0.0790. The van der Waals surface area contributed by atoms with Gasteiger partial charge < -0.3 is 21.3 Å². The molecule has 1 saturated heterocycles. The fraction of sp³-hybridized carbons (Fsp3) is 0.600. The first-order valence-electron chi connectivity index (χ1n) is 9.78. The van der Waals surface area contributed by atoms with Crippen molar-refractivity contribution in [1.82, 2.24) is 10.2 Å². The molecule has 3 rings (SSSR count). The smallest absolute Gasteiger partial charge is 0.251 e. The van der Waals surface area contributed by atoms with E-state index in [1.807, 2.05) is 0 Å². The average molecular weight is 358 g/mol. The lowest BCUT2D eigenvalue weighted by molar-refractivity contribution is -0.122. The summed E-state index contributed by atoms with van der Waals surface area (Å²) in [5, 5.41) is 5.85. The van der Waals surface area contributed by atoms with Crippen LogP contribution in [0.25, 0.3) is 0 Å². The summed E-state index contributed by atoms with van der Waals surface area (Å²) < 4.78 is 0. The number of anilines is 1. The number of carbonyl (C=O) groups excluding carboxylic acids is 2. The SMILES string of the molecule is NC1(C(=O)Nc2ccc(C(=O)NCCN3CCCC3)cc2)CCCCC1. The number of nitrogens with two attached hydrogens (primary N) is 1. The van der Waals surface area contributed by atoms with Gasteiger partial charge >= 0.3 is 0 Å². The summed E-state index contributed by atoms with van der Waals surface area (Å²) in [4.78, 5) is 27.0. The molecular formula is C20H30N4O2. The topological polar surface area (TPSA) is 87.5 Å². The van der Waals surface area contributed by atoms with Crippen LogP contribution in [0.3, 0.4) is 0 Å². The molecule has 2 amide bonds.